The predicted molar refractivity (Wildman–Crippen MR) is 153 cm³/mol. The number of halogens is 1. The first-order chi connectivity index (χ1) is 19.1. The number of hydrogen-bond donors (Lipinski definition) is 1. The molecular weight excluding hydrogens is 514 g/mol. The van der Waals surface area contributed by atoms with Crippen molar-refractivity contribution in [1.82, 2.24) is 20.1 Å². The van der Waals surface area contributed by atoms with Crippen molar-refractivity contribution in [1.29, 1.82) is 0 Å². The number of aromatic nitrogens is 3. The van der Waals surface area contributed by atoms with Gasteiger partial charge in [0.05, 0.1) is 24.6 Å². The fraction of sp³-hybridized carbons (Fsp3) is 0.300. The Labute approximate surface area is 233 Å². The van der Waals surface area contributed by atoms with Gasteiger partial charge in [0.2, 0.25) is 0 Å². The zero-order valence-corrected chi connectivity index (χ0v) is 22.9. The van der Waals surface area contributed by atoms with Gasteiger partial charge in [0.1, 0.15) is 25.1 Å². The standard InChI is InChI=1S/C17H13ClN4.C13H19NO3/c1-11-20-21-16-10-19-17(12-5-3-2-4-6-12)14-9-13(18)7-8-15(14)22(11)16;1-2-15-12-5-3-4-6-13(12)17-10-11-9-14-7-8-16-11/h2-9H,10H2,1H3;3-6,11,14H,2,7-10H2,1H3. The normalized spacial score (nSPS) is 16.1. The summed E-state index contributed by atoms with van der Waals surface area (Å²) in [5.41, 5.74) is 4.02. The van der Waals surface area contributed by atoms with Gasteiger partial charge in [0.15, 0.2) is 17.3 Å². The SMILES string of the molecule is CCOc1ccccc1OCC1CNCCO1.Cc1nnc2n1-c1ccc(Cl)cc1C(c1ccccc1)=NC2. The molecule has 4 aromatic rings. The largest absolute Gasteiger partial charge is 0.490 e. The van der Waals surface area contributed by atoms with Gasteiger partial charge in [-0.25, -0.2) is 0 Å². The Morgan fingerprint density at radius 1 is 1.00 bits per heavy atom. The van der Waals surface area contributed by atoms with Gasteiger partial charge in [-0.05, 0) is 44.2 Å². The van der Waals surface area contributed by atoms with Gasteiger partial charge < -0.3 is 19.5 Å². The lowest BCUT2D eigenvalue weighted by Crippen LogP contribution is -2.41. The van der Waals surface area contributed by atoms with E-state index in [1.807, 2.05) is 79.1 Å². The molecule has 1 fully saturated rings. The molecule has 3 heterocycles. The van der Waals surface area contributed by atoms with Crippen molar-refractivity contribution in [2.24, 2.45) is 4.99 Å². The first-order valence-corrected chi connectivity index (χ1v) is 13.5. The average Bonchev–Trinajstić information content (AvgIpc) is 3.25. The van der Waals surface area contributed by atoms with Crippen molar-refractivity contribution >= 4 is 17.3 Å². The molecule has 1 saturated heterocycles. The average molecular weight is 546 g/mol. The lowest BCUT2D eigenvalue weighted by atomic mass is 10.0. The van der Waals surface area contributed by atoms with E-state index in [2.05, 4.69) is 27.6 Å². The summed E-state index contributed by atoms with van der Waals surface area (Å²) in [4.78, 5) is 4.77. The van der Waals surface area contributed by atoms with E-state index in [-0.39, 0.29) is 6.10 Å². The number of morpholine rings is 1. The smallest absolute Gasteiger partial charge is 0.161 e. The Hall–Kier alpha value is -3.72. The molecule has 0 bridgehead atoms. The van der Waals surface area contributed by atoms with Crippen LogP contribution in [0.2, 0.25) is 5.02 Å². The third-order valence-electron chi connectivity index (χ3n) is 6.35. The maximum Gasteiger partial charge on any atom is 0.161 e. The van der Waals surface area contributed by atoms with E-state index in [0.717, 1.165) is 65.4 Å². The fourth-order valence-electron chi connectivity index (χ4n) is 4.55. The van der Waals surface area contributed by atoms with Gasteiger partial charge in [0.25, 0.3) is 0 Å². The molecule has 0 aliphatic carbocycles. The molecule has 202 valence electrons. The van der Waals surface area contributed by atoms with Crippen molar-refractivity contribution in [2.45, 2.75) is 26.5 Å². The van der Waals surface area contributed by atoms with Gasteiger partial charge in [-0.3, -0.25) is 9.56 Å². The molecule has 8 nitrogen and oxygen atoms in total. The van der Waals surface area contributed by atoms with Gasteiger partial charge in [-0.15, -0.1) is 10.2 Å². The quantitative estimate of drug-likeness (QED) is 0.366. The van der Waals surface area contributed by atoms with Gasteiger partial charge in [-0.1, -0.05) is 54.1 Å². The Bertz CT molecular complexity index is 1420. The molecule has 3 aromatic carbocycles. The van der Waals surface area contributed by atoms with E-state index in [9.17, 15) is 0 Å². The van der Waals surface area contributed by atoms with Crippen LogP contribution < -0.4 is 14.8 Å². The number of hydrogen-bond acceptors (Lipinski definition) is 7. The van der Waals surface area contributed by atoms with Crippen LogP contribution in [0.15, 0.2) is 77.8 Å². The second-order valence-electron chi connectivity index (χ2n) is 9.08. The molecule has 2 aliphatic heterocycles. The Kier molecular flexibility index (Phi) is 8.88. The first-order valence-electron chi connectivity index (χ1n) is 13.1. The zero-order chi connectivity index (χ0) is 27.0. The number of nitrogens with zero attached hydrogens (tertiary/aromatic N) is 4. The van der Waals surface area contributed by atoms with Crippen LogP contribution in [0.25, 0.3) is 5.69 Å². The highest BCUT2D eigenvalue weighted by Crippen LogP contribution is 2.28. The van der Waals surface area contributed by atoms with E-state index in [4.69, 9.17) is 30.8 Å². The molecule has 6 rings (SSSR count). The minimum Gasteiger partial charge on any atom is -0.490 e. The van der Waals surface area contributed by atoms with Crippen LogP contribution in [0.3, 0.4) is 0 Å². The van der Waals surface area contributed by atoms with Crippen molar-refractivity contribution in [2.75, 3.05) is 32.9 Å². The lowest BCUT2D eigenvalue weighted by molar-refractivity contribution is -0.000350. The van der Waals surface area contributed by atoms with Crippen LogP contribution in [-0.4, -0.2) is 59.5 Å². The van der Waals surface area contributed by atoms with Crippen LogP contribution in [0.4, 0.5) is 0 Å². The van der Waals surface area contributed by atoms with Crippen LogP contribution in [0, 0.1) is 6.92 Å². The Morgan fingerprint density at radius 3 is 2.51 bits per heavy atom. The topological polar surface area (TPSA) is 82.8 Å². The first kappa shape index (κ1) is 26.9. The maximum absolute atomic E-state index is 6.23. The van der Waals surface area contributed by atoms with E-state index in [1.165, 1.54) is 0 Å². The predicted octanol–water partition coefficient (Wildman–Crippen LogP) is 5.03. The number of nitrogens with one attached hydrogen (secondary N) is 1. The molecule has 1 aromatic heterocycles. The summed E-state index contributed by atoms with van der Waals surface area (Å²) in [5.74, 6) is 3.26. The molecular formula is C30H32ClN5O3. The van der Waals surface area contributed by atoms with E-state index in [1.54, 1.807) is 0 Å². The number of ether oxygens (including phenoxy) is 3. The van der Waals surface area contributed by atoms with Gasteiger partial charge in [-0.2, -0.15) is 0 Å². The third kappa shape index (κ3) is 6.47. The van der Waals surface area contributed by atoms with E-state index < -0.39 is 0 Å². The summed E-state index contributed by atoms with van der Waals surface area (Å²) < 4.78 is 18.9. The zero-order valence-electron chi connectivity index (χ0n) is 22.1. The van der Waals surface area contributed by atoms with E-state index in [0.29, 0.717) is 24.8 Å². The second kappa shape index (κ2) is 12.9. The summed E-state index contributed by atoms with van der Waals surface area (Å²) >= 11 is 6.23. The molecule has 0 saturated carbocycles. The molecule has 0 amide bonds. The molecule has 2 aliphatic rings. The van der Waals surface area contributed by atoms with Crippen molar-refractivity contribution in [3.63, 3.8) is 0 Å². The molecule has 0 radical (unpaired) electrons. The summed E-state index contributed by atoms with van der Waals surface area (Å²) in [6.07, 6.45) is 0.124. The van der Waals surface area contributed by atoms with Crippen molar-refractivity contribution < 1.29 is 14.2 Å². The van der Waals surface area contributed by atoms with Crippen LogP contribution >= 0.6 is 11.6 Å². The highest BCUT2D eigenvalue weighted by molar-refractivity contribution is 6.31. The number of benzene rings is 3. The highest BCUT2D eigenvalue weighted by atomic mass is 35.5. The van der Waals surface area contributed by atoms with Gasteiger partial charge >= 0.3 is 0 Å². The Morgan fingerprint density at radius 2 is 1.77 bits per heavy atom. The number of rotatable bonds is 6. The summed E-state index contributed by atoms with van der Waals surface area (Å²) in [6.45, 7) is 8.12. The lowest BCUT2D eigenvalue weighted by Gasteiger charge is -2.24. The van der Waals surface area contributed by atoms with Gasteiger partial charge in [0, 0.05) is 29.2 Å². The summed E-state index contributed by atoms with van der Waals surface area (Å²) in [5, 5.41) is 12.4. The number of fused-ring (bicyclic) bond motifs is 3. The van der Waals surface area contributed by atoms with Crippen molar-refractivity contribution in [3.05, 3.63) is 101 Å². The molecule has 0 spiro atoms. The van der Waals surface area contributed by atoms with Crippen LogP contribution in [0.1, 0.15) is 29.7 Å². The maximum atomic E-state index is 6.23. The summed E-state index contributed by atoms with van der Waals surface area (Å²) in [6, 6.07) is 23.7. The second-order valence-corrected chi connectivity index (χ2v) is 9.52. The number of aliphatic imine (C=N–C) groups is 1. The van der Waals surface area contributed by atoms with Crippen LogP contribution in [-0.2, 0) is 11.3 Å². The van der Waals surface area contributed by atoms with Crippen molar-refractivity contribution in [3.8, 4) is 17.2 Å². The number of para-hydroxylation sites is 2. The van der Waals surface area contributed by atoms with E-state index >= 15 is 0 Å². The monoisotopic (exact) mass is 545 g/mol. The fourth-order valence-corrected chi connectivity index (χ4v) is 4.72. The molecule has 1 atom stereocenters. The number of aryl methyl sites for hydroxylation is 1. The highest BCUT2D eigenvalue weighted by Gasteiger charge is 2.21. The summed E-state index contributed by atoms with van der Waals surface area (Å²) in [7, 11) is 0. The Balaban J connectivity index is 0.000000164. The molecule has 39 heavy (non-hydrogen) atoms. The van der Waals surface area contributed by atoms with Crippen LogP contribution in [0.5, 0.6) is 11.5 Å². The molecule has 9 heteroatoms. The minimum atomic E-state index is 0.124. The molecule has 1 unspecified atom stereocenters. The molecule has 1 N–H and O–H groups in total. The third-order valence-corrected chi connectivity index (χ3v) is 6.59. The minimum absolute atomic E-state index is 0.124.